The Kier molecular flexibility index (Phi) is 3.66. The van der Waals surface area contributed by atoms with Crippen molar-refractivity contribution < 1.29 is 8.42 Å². The zero-order valence-electron chi connectivity index (χ0n) is 10.8. The van der Waals surface area contributed by atoms with Crippen LogP contribution in [0.15, 0.2) is 9.69 Å². The van der Waals surface area contributed by atoms with Gasteiger partial charge < -0.3 is 9.88 Å². The molecule has 0 fully saturated rings. The molecule has 0 aromatic carbocycles. The first-order valence-electron chi connectivity index (χ1n) is 5.38. The zero-order valence-corrected chi connectivity index (χ0v) is 11.6. The molecule has 0 bridgehead atoms. The average molecular weight is 258 g/mol. The molecule has 96 valence electrons. The molecule has 1 aromatic heterocycles. The number of rotatable bonds is 3. The summed E-state index contributed by atoms with van der Waals surface area (Å²) in [4.78, 5) is 11.9. The normalized spacial score (nSPS) is 11.6. The van der Waals surface area contributed by atoms with Gasteiger partial charge in [0.25, 0.3) is 5.56 Å². The number of hydrogen-bond acceptors (Lipinski definition) is 4. The molecule has 0 amide bonds. The lowest BCUT2D eigenvalue weighted by Gasteiger charge is -2.16. The van der Waals surface area contributed by atoms with Crippen LogP contribution in [0.2, 0.25) is 0 Å². The molecule has 0 radical (unpaired) electrons. The van der Waals surface area contributed by atoms with Crippen molar-refractivity contribution in [3.63, 3.8) is 0 Å². The van der Waals surface area contributed by atoms with Crippen LogP contribution < -0.4 is 10.9 Å². The van der Waals surface area contributed by atoms with E-state index in [-0.39, 0.29) is 10.6 Å². The molecule has 17 heavy (non-hydrogen) atoms. The first-order valence-corrected chi connectivity index (χ1v) is 7.03. The van der Waals surface area contributed by atoms with E-state index in [1.54, 1.807) is 27.9 Å². The molecule has 5 nitrogen and oxygen atoms in total. The lowest BCUT2D eigenvalue weighted by molar-refractivity contribution is 0.594. The minimum atomic E-state index is -3.53. The summed E-state index contributed by atoms with van der Waals surface area (Å²) in [5.41, 5.74) is 1.47. The zero-order chi connectivity index (χ0) is 13.4. The van der Waals surface area contributed by atoms with Crippen molar-refractivity contribution in [2.24, 2.45) is 7.05 Å². The highest BCUT2D eigenvalue weighted by molar-refractivity contribution is 7.91. The van der Waals surface area contributed by atoms with Crippen LogP contribution in [0.5, 0.6) is 0 Å². The third kappa shape index (κ3) is 2.09. The Morgan fingerprint density at radius 3 is 2.24 bits per heavy atom. The topological polar surface area (TPSA) is 68.2 Å². The number of sulfone groups is 1. The van der Waals surface area contributed by atoms with Crippen molar-refractivity contribution >= 4 is 15.5 Å². The second-order valence-electron chi connectivity index (χ2n) is 3.93. The number of anilines is 1. The fourth-order valence-electron chi connectivity index (χ4n) is 1.75. The SMILES string of the molecule is CCS(=O)(=O)c1c(NC)c(C)c(C)n(C)c1=O. The Labute approximate surface area is 101 Å². The van der Waals surface area contributed by atoms with Gasteiger partial charge in [-0.25, -0.2) is 8.42 Å². The number of nitrogens with one attached hydrogen (secondary N) is 1. The second-order valence-corrected chi connectivity index (χ2v) is 6.15. The smallest absolute Gasteiger partial charge is 0.271 e. The molecule has 0 unspecified atom stereocenters. The molecule has 0 saturated carbocycles. The molecule has 0 atom stereocenters. The molecule has 6 heteroatoms. The van der Waals surface area contributed by atoms with Crippen LogP contribution >= 0.6 is 0 Å². The Morgan fingerprint density at radius 1 is 1.29 bits per heavy atom. The maximum Gasteiger partial charge on any atom is 0.271 e. The van der Waals surface area contributed by atoms with Crippen LogP contribution in [0, 0.1) is 13.8 Å². The number of pyridine rings is 1. The highest BCUT2D eigenvalue weighted by Gasteiger charge is 2.24. The molecule has 1 rings (SSSR count). The van der Waals surface area contributed by atoms with Crippen LogP contribution in [0.1, 0.15) is 18.2 Å². The van der Waals surface area contributed by atoms with Gasteiger partial charge in [0.1, 0.15) is 0 Å². The molecule has 0 spiro atoms. The Morgan fingerprint density at radius 2 is 1.82 bits per heavy atom. The highest BCUT2D eigenvalue weighted by Crippen LogP contribution is 2.24. The fraction of sp³-hybridized carbons (Fsp3) is 0.545. The summed E-state index contributed by atoms with van der Waals surface area (Å²) < 4.78 is 25.3. The van der Waals surface area contributed by atoms with Gasteiger partial charge in [0.15, 0.2) is 14.7 Å². The Hall–Kier alpha value is -1.30. The molecule has 0 aliphatic carbocycles. The highest BCUT2D eigenvalue weighted by atomic mass is 32.2. The lowest BCUT2D eigenvalue weighted by atomic mass is 10.2. The van der Waals surface area contributed by atoms with Crippen LogP contribution in [-0.4, -0.2) is 25.8 Å². The fourth-order valence-corrected chi connectivity index (χ4v) is 3.01. The minimum absolute atomic E-state index is 0.0839. The van der Waals surface area contributed by atoms with Gasteiger partial charge in [0.05, 0.1) is 11.4 Å². The van der Waals surface area contributed by atoms with Crippen molar-refractivity contribution in [1.29, 1.82) is 0 Å². The van der Waals surface area contributed by atoms with Gasteiger partial charge in [-0.3, -0.25) is 4.79 Å². The number of nitrogens with zero attached hydrogens (tertiary/aromatic N) is 1. The van der Waals surface area contributed by atoms with Gasteiger partial charge in [0.2, 0.25) is 0 Å². The lowest BCUT2D eigenvalue weighted by Crippen LogP contribution is -2.29. The predicted octanol–water partition coefficient (Wildman–Crippen LogP) is 0.837. The van der Waals surface area contributed by atoms with Crippen molar-refractivity contribution in [3.05, 3.63) is 21.6 Å². The quantitative estimate of drug-likeness (QED) is 0.872. The maximum absolute atomic E-state index is 12.1. The van der Waals surface area contributed by atoms with Gasteiger partial charge in [-0.15, -0.1) is 0 Å². The van der Waals surface area contributed by atoms with E-state index < -0.39 is 15.4 Å². The summed E-state index contributed by atoms with van der Waals surface area (Å²) in [6.07, 6.45) is 0. The van der Waals surface area contributed by atoms with Gasteiger partial charge >= 0.3 is 0 Å². The summed E-state index contributed by atoms with van der Waals surface area (Å²) in [5.74, 6) is -0.0839. The molecule has 1 aromatic rings. The van der Waals surface area contributed by atoms with E-state index in [0.29, 0.717) is 5.69 Å². The minimum Gasteiger partial charge on any atom is -0.387 e. The predicted molar refractivity (Wildman–Crippen MR) is 68.4 cm³/mol. The first-order chi connectivity index (χ1) is 7.77. The van der Waals surface area contributed by atoms with Crippen molar-refractivity contribution in [2.75, 3.05) is 18.1 Å². The summed E-state index contributed by atoms with van der Waals surface area (Å²) in [5, 5.41) is 2.82. The van der Waals surface area contributed by atoms with E-state index in [4.69, 9.17) is 0 Å². The van der Waals surface area contributed by atoms with Crippen LogP contribution in [0.3, 0.4) is 0 Å². The molecular formula is C11H18N2O3S. The van der Waals surface area contributed by atoms with Crippen LogP contribution in [0.25, 0.3) is 0 Å². The van der Waals surface area contributed by atoms with Crippen LogP contribution in [-0.2, 0) is 16.9 Å². The van der Waals surface area contributed by atoms with E-state index in [2.05, 4.69) is 5.32 Å². The molecular weight excluding hydrogens is 240 g/mol. The summed E-state index contributed by atoms with van der Waals surface area (Å²) in [6, 6.07) is 0. The molecule has 1 heterocycles. The number of hydrogen-bond donors (Lipinski definition) is 1. The van der Waals surface area contributed by atoms with E-state index in [0.717, 1.165) is 11.3 Å². The third-order valence-electron chi connectivity index (χ3n) is 3.09. The van der Waals surface area contributed by atoms with Crippen LogP contribution in [0.4, 0.5) is 5.69 Å². The summed E-state index contributed by atoms with van der Waals surface area (Å²) >= 11 is 0. The monoisotopic (exact) mass is 258 g/mol. The van der Waals surface area contributed by atoms with Crippen molar-refractivity contribution in [3.8, 4) is 0 Å². The van der Waals surface area contributed by atoms with E-state index in [9.17, 15) is 13.2 Å². The molecule has 1 N–H and O–H groups in total. The second kappa shape index (κ2) is 4.52. The largest absolute Gasteiger partial charge is 0.387 e. The van der Waals surface area contributed by atoms with Gasteiger partial charge in [-0.05, 0) is 19.4 Å². The van der Waals surface area contributed by atoms with Gasteiger partial charge in [-0.1, -0.05) is 6.92 Å². The molecule has 0 saturated heterocycles. The summed E-state index contributed by atoms with van der Waals surface area (Å²) in [6.45, 7) is 5.12. The maximum atomic E-state index is 12.1. The van der Waals surface area contributed by atoms with Crippen molar-refractivity contribution in [1.82, 2.24) is 4.57 Å². The third-order valence-corrected chi connectivity index (χ3v) is 4.85. The molecule has 0 aliphatic heterocycles. The summed E-state index contributed by atoms with van der Waals surface area (Å²) in [7, 11) is -0.326. The van der Waals surface area contributed by atoms with E-state index in [1.165, 1.54) is 11.5 Å². The van der Waals surface area contributed by atoms with E-state index >= 15 is 0 Å². The van der Waals surface area contributed by atoms with Crippen molar-refractivity contribution in [2.45, 2.75) is 25.7 Å². The number of aromatic nitrogens is 1. The first kappa shape index (κ1) is 13.8. The standard InChI is InChI=1S/C11H18N2O3S/c1-6-17(15,16)10-9(12-4)7(2)8(3)13(5)11(10)14/h12H,6H2,1-5H3. The van der Waals surface area contributed by atoms with E-state index in [1.807, 2.05) is 0 Å². The van der Waals surface area contributed by atoms with Gasteiger partial charge in [0, 0.05) is 19.8 Å². The van der Waals surface area contributed by atoms with Gasteiger partial charge in [-0.2, -0.15) is 0 Å². The molecule has 0 aliphatic rings. The Bertz CT molecular complexity index is 600. The Balaban J connectivity index is 3.91. The average Bonchev–Trinajstić information content (AvgIpc) is 2.30.